The van der Waals surface area contributed by atoms with E-state index in [-0.39, 0.29) is 6.04 Å². The molecule has 0 aliphatic rings. The van der Waals surface area contributed by atoms with Gasteiger partial charge in [-0.1, -0.05) is 45.7 Å². The van der Waals surface area contributed by atoms with Crippen molar-refractivity contribution in [3.05, 3.63) is 68.7 Å². The van der Waals surface area contributed by atoms with Gasteiger partial charge in [-0.25, -0.2) is 0 Å². The van der Waals surface area contributed by atoms with Crippen molar-refractivity contribution in [2.75, 3.05) is 0 Å². The smallest absolute Gasteiger partial charge is 0.0555 e. The first-order valence-electron chi connectivity index (χ1n) is 5.35. The molecule has 0 amide bonds. The van der Waals surface area contributed by atoms with E-state index in [9.17, 15) is 0 Å². The first-order valence-corrected chi connectivity index (χ1v) is 6.52. The molecule has 17 heavy (non-hydrogen) atoms. The lowest BCUT2D eigenvalue weighted by molar-refractivity contribution is 0.861. The molecule has 1 atom stereocenters. The van der Waals surface area contributed by atoms with E-state index in [1.165, 1.54) is 5.56 Å². The maximum absolute atomic E-state index is 6.28. The van der Waals surface area contributed by atoms with Gasteiger partial charge in [-0.2, -0.15) is 0 Å². The van der Waals surface area contributed by atoms with Crippen molar-refractivity contribution >= 4 is 27.5 Å². The highest BCUT2D eigenvalue weighted by molar-refractivity contribution is 9.10. The van der Waals surface area contributed by atoms with E-state index >= 15 is 0 Å². The second-order valence-electron chi connectivity index (χ2n) is 4.03. The van der Waals surface area contributed by atoms with Crippen molar-refractivity contribution in [1.82, 2.24) is 0 Å². The normalized spacial score (nSPS) is 12.5. The quantitative estimate of drug-likeness (QED) is 0.871. The summed E-state index contributed by atoms with van der Waals surface area (Å²) < 4.78 is 1.04. The predicted octanol–water partition coefficient (Wildman–Crippen LogP) is 4.46. The Hall–Kier alpha value is -0.830. The molecule has 1 nitrogen and oxygen atoms in total. The standard InChI is InChI=1S/C14H13BrClN/c1-9-5-6-11(15)8-13(9)14(17)10-3-2-4-12(16)7-10/h2-8,14H,17H2,1H3. The Bertz CT molecular complexity index is 539. The number of rotatable bonds is 2. The molecule has 88 valence electrons. The van der Waals surface area contributed by atoms with E-state index in [0.717, 1.165) is 15.6 Å². The van der Waals surface area contributed by atoms with Gasteiger partial charge in [-0.05, 0) is 47.9 Å². The van der Waals surface area contributed by atoms with Crippen LogP contribution >= 0.6 is 27.5 Å². The molecule has 0 radical (unpaired) electrons. The predicted molar refractivity (Wildman–Crippen MR) is 76.4 cm³/mol. The number of hydrogen-bond acceptors (Lipinski definition) is 1. The minimum absolute atomic E-state index is 0.147. The third-order valence-corrected chi connectivity index (χ3v) is 3.51. The average Bonchev–Trinajstić information content (AvgIpc) is 2.31. The molecular weight excluding hydrogens is 298 g/mol. The van der Waals surface area contributed by atoms with Crippen molar-refractivity contribution in [3.8, 4) is 0 Å². The molecule has 1 unspecified atom stereocenters. The summed E-state index contributed by atoms with van der Waals surface area (Å²) in [6, 6.07) is 13.7. The number of benzene rings is 2. The van der Waals surface area contributed by atoms with E-state index < -0.39 is 0 Å². The van der Waals surface area contributed by atoms with Gasteiger partial charge in [0.05, 0.1) is 6.04 Å². The van der Waals surface area contributed by atoms with Gasteiger partial charge in [-0.3, -0.25) is 0 Å². The third-order valence-electron chi connectivity index (χ3n) is 2.78. The second-order valence-corrected chi connectivity index (χ2v) is 5.39. The zero-order chi connectivity index (χ0) is 12.4. The summed E-state index contributed by atoms with van der Waals surface area (Å²) in [5, 5.41) is 0.714. The van der Waals surface area contributed by atoms with Gasteiger partial charge in [0.25, 0.3) is 0 Å². The molecule has 0 bridgehead atoms. The van der Waals surface area contributed by atoms with Crippen LogP contribution in [0.15, 0.2) is 46.9 Å². The Labute approximate surface area is 115 Å². The lowest BCUT2D eigenvalue weighted by Gasteiger charge is -2.16. The van der Waals surface area contributed by atoms with Crippen LogP contribution in [0.5, 0.6) is 0 Å². The maximum Gasteiger partial charge on any atom is 0.0555 e. The van der Waals surface area contributed by atoms with Gasteiger partial charge in [0.15, 0.2) is 0 Å². The third kappa shape index (κ3) is 2.89. The van der Waals surface area contributed by atoms with Gasteiger partial charge >= 0.3 is 0 Å². The fourth-order valence-electron chi connectivity index (χ4n) is 1.83. The molecule has 0 aliphatic carbocycles. The molecule has 0 aromatic heterocycles. The monoisotopic (exact) mass is 309 g/mol. The summed E-state index contributed by atoms with van der Waals surface area (Å²) >= 11 is 9.45. The SMILES string of the molecule is Cc1ccc(Br)cc1C(N)c1cccc(Cl)c1. The van der Waals surface area contributed by atoms with Crippen LogP contribution in [-0.4, -0.2) is 0 Å². The summed E-state index contributed by atoms with van der Waals surface area (Å²) in [6.07, 6.45) is 0. The molecule has 2 N–H and O–H groups in total. The molecule has 2 aromatic rings. The summed E-state index contributed by atoms with van der Waals surface area (Å²) in [5.74, 6) is 0. The number of nitrogens with two attached hydrogens (primary N) is 1. The van der Waals surface area contributed by atoms with E-state index in [4.69, 9.17) is 17.3 Å². The minimum Gasteiger partial charge on any atom is -0.320 e. The Morgan fingerprint density at radius 2 is 1.94 bits per heavy atom. The van der Waals surface area contributed by atoms with Crippen molar-refractivity contribution in [2.45, 2.75) is 13.0 Å². The van der Waals surface area contributed by atoms with Crippen LogP contribution in [0.3, 0.4) is 0 Å². The lowest BCUT2D eigenvalue weighted by atomic mass is 9.96. The molecule has 0 aliphatic heterocycles. The van der Waals surface area contributed by atoms with Gasteiger partial charge in [0, 0.05) is 9.50 Å². The van der Waals surface area contributed by atoms with Crippen molar-refractivity contribution in [3.63, 3.8) is 0 Å². The lowest BCUT2D eigenvalue weighted by Crippen LogP contribution is -2.13. The fourth-order valence-corrected chi connectivity index (χ4v) is 2.40. The Kier molecular flexibility index (Phi) is 3.87. The maximum atomic E-state index is 6.28. The topological polar surface area (TPSA) is 26.0 Å². The molecule has 0 heterocycles. The molecule has 0 saturated carbocycles. The van der Waals surface area contributed by atoms with Gasteiger partial charge in [0.2, 0.25) is 0 Å². The van der Waals surface area contributed by atoms with E-state index in [0.29, 0.717) is 5.02 Å². The van der Waals surface area contributed by atoms with Crippen LogP contribution < -0.4 is 5.73 Å². The minimum atomic E-state index is -0.147. The van der Waals surface area contributed by atoms with E-state index in [2.05, 4.69) is 35.0 Å². The van der Waals surface area contributed by atoms with Crippen LogP contribution in [0.2, 0.25) is 5.02 Å². The van der Waals surface area contributed by atoms with Gasteiger partial charge in [0.1, 0.15) is 0 Å². The fraction of sp³-hybridized carbons (Fsp3) is 0.143. The number of halogens is 2. The highest BCUT2D eigenvalue weighted by Crippen LogP contribution is 2.27. The van der Waals surface area contributed by atoms with Crippen LogP contribution in [0.4, 0.5) is 0 Å². The number of aryl methyl sites for hydroxylation is 1. The first-order chi connectivity index (χ1) is 8.08. The van der Waals surface area contributed by atoms with E-state index in [1.54, 1.807) is 0 Å². The van der Waals surface area contributed by atoms with Crippen LogP contribution in [0, 0.1) is 6.92 Å². The number of hydrogen-bond donors (Lipinski definition) is 1. The average molecular weight is 311 g/mol. The summed E-state index contributed by atoms with van der Waals surface area (Å²) in [5.41, 5.74) is 9.60. The second kappa shape index (κ2) is 5.21. The molecule has 3 heteroatoms. The Balaban J connectivity index is 2.43. The summed E-state index contributed by atoms with van der Waals surface area (Å²) in [7, 11) is 0. The highest BCUT2D eigenvalue weighted by Gasteiger charge is 2.12. The Morgan fingerprint density at radius 3 is 2.65 bits per heavy atom. The molecule has 0 saturated heterocycles. The molecule has 2 aromatic carbocycles. The largest absolute Gasteiger partial charge is 0.320 e. The first kappa shape index (κ1) is 12.6. The zero-order valence-corrected chi connectivity index (χ0v) is 11.8. The molecular formula is C14H13BrClN. The van der Waals surface area contributed by atoms with Crippen molar-refractivity contribution < 1.29 is 0 Å². The molecule has 0 spiro atoms. The van der Waals surface area contributed by atoms with Crippen LogP contribution in [0.25, 0.3) is 0 Å². The Morgan fingerprint density at radius 1 is 1.18 bits per heavy atom. The summed E-state index contributed by atoms with van der Waals surface area (Å²) in [6.45, 7) is 2.06. The summed E-state index contributed by atoms with van der Waals surface area (Å²) in [4.78, 5) is 0. The van der Waals surface area contributed by atoms with Gasteiger partial charge in [-0.15, -0.1) is 0 Å². The molecule has 0 fully saturated rings. The van der Waals surface area contributed by atoms with Crippen molar-refractivity contribution in [2.24, 2.45) is 5.73 Å². The van der Waals surface area contributed by atoms with Crippen LogP contribution in [0.1, 0.15) is 22.7 Å². The molecule has 2 rings (SSSR count). The van der Waals surface area contributed by atoms with Gasteiger partial charge < -0.3 is 5.73 Å². The highest BCUT2D eigenvalue weighted by atomic mass is 79.9. The van der Waals surface area contributed by atoms with Crippen molar-refractivity contribution in [1.29, 1.82) is 0 Å². The van der Waals surface area contributed by atoms with Crippen LogP contribution in [-0.2, 0) is 0 Å². The van der Waals surface area contributed by atoms with E-state index in [1.807, 2.05) is 30.3 Å². The zero-order valence-electron chi connectivity index (χ0n) is 9.45.